The van der Waals surface area contributed by atoms with Gasteiger partial charge in [0.05, 0.1) is 0 Å². The molecule has 0 aliphatic carbocycles. The first-order valence-corrected chi connectivity index (χ1v) is 5.44. The van der Waals surface area contributed by atoms with Crippen LogP contribution in [0.1, 0.15) is 13.8 Å². The summed E-state index contributed by atoms with van der Waals surface area (Å²) in [6.45, 7) is 4.39. The van der Waals surface area contributed by atoms with Gasteiger partial charge in [0.2, 0.25) is 0 Å². The zero-order valence-corrected chi connectivity index (χ0v) is 10.1. The second kappa shape index (κ2) is 4.41. The van der Waals surface area contributed by atoms with Crippen LogP contribution in [0.5, 0.6) is 0 Å². The first-order chi connectivity index (χ1) is 7.13. The maximum absolute atomic E-state index is 12.4. The zero-order chi connectivity index (χ0) is 12.6. The summed E-state index contributed by atoms with van der Waals surface area (Å²) in [6.07, 6.45) is 0. The monoisotopic (exact) mass is 235 g/mol. The third kappa shape index (κ3) is 3.25. The topological polar surface area (TPSA) is 6.48 Å². The molecule has 1 aliphatic heterocycles. The highest BCUT2D eigenvalue weighted by Crippen LogP contribution is 2.23. The molecular weight excluding hydrogens is 216 g/mol. The molecule has 0 atom stereocenters. The van der Waals surface area contributed by atoms with Gasteiger partial charge in [0.25, 0.3) is 0 Å². The molecule has 0 spiro atoms. The lowest BCUT2D eigenvalue weighted by Crippen LogP contribution is -2.58. The minimum atomic E-state index is -4.89. The van der Waals surface area contributed by atoms with Crippen molar-refractivity contribution in [3.8, 4) is 0 Å². The van der Waals surface area contributed by atoms with Gasteiger partial charge in [0, 0.05) is 25.2 Å². The molecule has 94 valence electrons. The van der Waals surface area contributed by atoms with Crippen LogP contribution in [-0.4, -0.2) is 55.5 Å². The first kappa shape index (κ1) is 13.6. The molecule has 0 saturated carbocycles. The lowest BCUT2D eigenvalue weighted by molar-refractivity contribution is 0.0453. The fraction of sp³-hybridized carbons (Fsp3) is 0.800. The van der Waals surface area contributed by atoms with E-state index in [0.29, 0.717) is 13.1 Å². The highest BCUT2D eigenvalue weighted by molar-refractivity contribution is 6.66. The molecule has 2 nitrogen and oxygen atoms in total. The third-order valence-corrected chi connectivity index (χ3v) is 3.29. The van der Waals surface area contributed by atoms with Crippen LogP contribution in [0, 0.1) is 0 Å². The molecule has 1 fully saturated rings. The standard InChI is InChI=1S/C10H19BF3N2/c1-9(11(12,13)14)7-16-6-5-15(4)10(2,3)8-16/h1,5-8H2,2-4H3/q-1. The number of piperazine rings is 1. The van der Waals surface area contributed by atoms with Crippen molar-refractivity contribution < 1.29 is 12.9 Å². The molecule has 1 heterocycles. The Morgan fingerprint density at radius 1 is 1.31 bits per heavy atom. The number of rotatable bonds is 3. The molecule has 0 bridgehead atoms. The van der Waals surface area contributed by atoms with E-state index < -0.39 is 12.4 Å². The smallest absolute Gasteiger partial charge is 0.445 e. The van der Waals surface area contributed by atoms with E-state index in [4.69, 9.17) is 0 Å². The molecular formula is C10H19BF3N2-. The van der Waals surface area contributed by atoms with Gasteiger partial charge in [-0.05, 0) is 27.4 Å². The van der Waals surface area contributed by atoms with E-state index in [0.717, 1.165) is 6.54 Å². The first-order valence-electron chi connectivity index (χ1n) is 5.44. The summed E-state index contributed by atoms with van der Waals surface area (Å²) in [7, 11) is 2.00. The molecule has 0 aromatic carbocycles. The number of likely N-dealkylation sites (N-methyl/N-ethyl adjacent to an activating group) is 1. The predicted molar refractivity (Wildman–Crippen MR) is 61.4 cm³/mol. The van der Waals surface area contributed by atoms with Crippen molar-refractivity contribution in [1.82, 2.24) is 9.80 Å². The van der Waals surface area contributed by atoms with Gasteiger partial charge in [-0.25, -0.2) is 0 Å². The average molecular weight is 235 g/mol. The predicted octanol–water partition coefficient (Wildman–Crippen LogP) is 1.96. The average Bonchev–Trinajstić information content (AvgIpc) is 2.09. The van der Waals surface area contributed by atoms with Crippen LogP contribution in [0.25, 0.3) is 0 Å². The van der Waals surface area contributed by atoms with Crippen molar-refractivity contribution in [2.75, 3.05) is 33.2 Å². The molecule has 6 heteroatoms. The minimum absolute atomic E-state index is 0.0548. The van der Waals surface area contributed by atoms with Gasteiger partial charge < -0.3 is 12.9 Å². The van der Waals surface area contributed by atoms with Crippen LogP contribution in [0.3, 0.4) is 0 Å². The highest BCUT2D eigenvalue weighted by atomic mass is 19.4. The fourth-order valence-electron chi connectivity index (χ4n) is 1.87. The van der Waals surface area contributed by atoms with Crippen LogP contribution in [-0.2, 0) is 0 Å². The van der Waals surface area contributed by atoms with Crippen LogP contribution in [0.2, 0.25) is 0 Å². The van der Waals surface area contributed by atoms with E-state index in [2.05, 4.69) is 11.5 Å². The number of hydrogen-bond donors (Lipinski definition) is 0. The lowest BCUT2D eigenvalue weighted by atomic mass is 9.80. The van der Waals surface area contributed by atoms with Crippen molar-refractivity contribution in [2.45, 2.75) is 19.4 Å². The molecule has 0 N–H and O–H groups in total. The molecule has 0 unspecified atom stereocenters. The van der Waals surface area contributed by atoms with E-state index in [1.165, 1.54) is 0 Å². The molecule has 0 radical (unpaired) electrons. The number of hydrogen-bond acceptors (Lipinski definition) is 2. The SMILES string of the molecule is C=C(CN1CCN(C)C(C)(C)C1)[B-](F)(F)F. The van der Waals surface area contributed by atoms with Gasteiger partial charge in [-0.2, -0.15) is 0 Å². The van der Waals surface area contributed by atoms with Gasteiger partial charge in [0.1, 0.15) is 0 Å². The molecule has 0 aromatic rings. The summed E-state index contributed by atoms with van der Waals surface area (Å²) < 4.78 is 37.2. The summed E-state index contributed by atoms with van der Waals surface area (Å²) in [4.78, 5) is 4.00. The maximum atomic E-state index is 12.4. The summed E-state index contributed by atoms with van der Waals surface area (Å²) in [6, 6.07) is 0. The minimum Gasteiger partial charge on any atom is -0.445 e. The fourth-order valence-corrected chi connectivity index (χ4v) is 1.87. The van der Waals surface area contributed by atoms with Crippen molar-refractivity contribution in [1.29, 1.82) is 0 Å². The normalized spacial score (nSPS) is 23.4. The van der Waals surface area contributed by atoms with Crippen LogP contribution in [0.4, 0.5) is 12.9 Å². The van der Waals surface area contributed by atoms with Crippen LogP contribution in [0.15, 0.2) is 12.1 Å². The van der Waals surface area contributed by atoms with Crippen molar-refractivity contribution in [3.05, 3.63) is 12.1 Å². The summed E-state index contributed by atoms with van der Waals surface area (Å²) >= 11 is 0. The van der Waals surface area contributed by atoms with E-state index in [1.54, 1.807) is 0 Å². The van der Waals surface area contributed by atoms with E-state index in [-0.39, 0.29) is 12.1 Å². The van der Waals surface area contributed by atoms with E-state index >= 15 is 0 Å². The Balaban J connectivity index is 2.55. The van der Waals surface area contributed by atoms with E-state index in [9.17, 15) is 12.9 Å². The lowest BCUT2D eigenvalue weighted by Gasteiger charge is -2.46. The quantitative estimate of drug-likeness (QED) is 0.690. The number of nitrogens with zero attached hydrogens (tertiary/aromatic N) is 2. The van der Waals surface area contributed by atoms with Gasteiger partial charge in [-0.1, -0.05) is 0 Å². The molecule has 1 aliphatic rings. The number of halogens is 3. The highest BCUT2D eigenvalue weighted by Gasteiger charge is 2.33. The Bertz CT molecular complexity index is 276. The summed E-state index contributed by atoms with van der Waals surface area (Å²) in [5.74, 6) is 0. The third-order valence-electron chi connectivity index (χ3n) is 3.29. The van der Waals surface area contributed by atoms with Gasteiger partial charge in [-0.3, -0.25) is 9.80 Å². The Morgan fingerprint density at radius 2 is 1.88 bits per heavy atom. The second-order valence-electron chi connectivity index (χ2n) is 5.18. The van der Waals surface area contributed by atoms with E-state index in [1.807, 2.05) is 25.8 Å². The molecule has 0 amide bonds. The van der Waals surface area contributed by atoms with Gasteiger partial charge >= 0.3 is 6.98 Å². The van der Waals surface area contributed by atoms with Gasteiger partial charge in [-0.15, -0.1) is 12.1 Å². The molecule has 0 aromatic heterocycles. The summed E-state index contributed by atoms with van der Waals surface area (Å²) in [5, 5.41) is 0. The molecule has 1 rings (SSSR count). The second-order valence-corrected chi connectivity index (χ2v) is 5.18. The Kier molecular flexibility index (Phi) is 3.74. The van der Waals surface area contributed by atoms with Crippen LogP contribution < -0.4 is 0 Å². The maximum Gasteiger partial charge on any atom is 0.506 e. The van der Waals surface area contributed by atoms with Crippen LogP contribution >= 0.6 is 0 Å². The Hall–Kier alpha value is -0.485. The van der Waals surface area contributed by atoms with Gasteiger partial charge in [0.15, 0.2) is 0 Å². The van der Waals surface area contributed by atoms with Crippen molar-refractivity contribution in [3.63, 3.8) is 0 Å². The van der Waals surface area contributed by atoms with Crippen molar-refractivity contribution >= 4 is 6.98 Å². The zero-order valence-electron chi connectivity index (χ0n) is 10.1. The summed E-state index contributed by atoms with van der Waals surface area (Å²) in [5.41, 5.74) is -0.669. The molecule has 1 saturated heterocycles. The van der Waals surface area contributed by atoms with Crippen molar-refractivity contribution in [2.24, 2.45) is 0 Å². The molecule has 16 heavy (non-hydrogen) atoms. The Labute approximate surface area is 95.2 Å². The Morgan fingerprint density at radius 3 is 2.31 bits per heavy atom. The largest absolute Gasteiger partial charge is 0.506 e.